The molecule has 0 aromatic rings. The lowest BCUT2D eigenvalue weighted by Crippen LogP contribution is -2.03. The minimum Gasteiger partial charge on any atom is -0.478 e. The van der Waals surface area contributed by atoms with Crippen molar-refractivity contribution in [3.63, 3.8) is 0 Å². The molecule has 0 atom stereocenters. The van der Waals surface area contributed by atoms with Crippen molar-refractivity contribution in [1.82, 2.24) is 0 Å². The lowest BCUT2D eigenvalue weighted by molar-refractivity contribution is -0.138. The van der Waals surface area contributed by atoms with Gasteiger partial charge in [-0.15, -0.1) is 0 Å². The molecular formula is C18H32O4. The van der Waals surface area contributed by atoms with Crippen LogP contribution in [-0.4, -0.2) is 23.7 Å². The zero-order valence-electron chi connectivity index (χ0n) is 14.0. The number of hydrogen-bond donors (Lipinski definition) is 1. The van der Waals surface area contributed by atoms with Gasteiger partial charge in [-0.2, -0.15) is 0 Å². The van der Waals surface area contributed by atoms with Gasteiger partial charge in [0.05, 0.1) is 6.61 Å². The van der Waals surface area contributed by atoms with Crippen LogP contribution in [0.4, 0.5) is 0 Å². The molecule has 0 amide bonds. The summed E-state index contributed by atoms with van der Waals surface area (Å²) in [5.41, 5.74) is 0. The summed E-state index contributed by atoms with van der Waals surface area (Å²) < 4.78 is 4.90. The van der Waals surface area contributed by atoms with Gasteiger partial charge in [-0.3, -0.25) is 0 Å². The Bertz CT molecular complexity index is 310. The second-order valence-electron chi connectivity index (χ2n) is 5.73. The van der Waals surface area contributed by atoms with Crippen LogP contribution in [0.2, 0.25) is 0 Å². The number of rotatable bonds is 15. The largest absolute Gasteiger partial charge is 0.478 e. The number of carboxylic acids is 1. The quantitative estimate of drug-likeness (QED) is 0.266. The second-order valence-corrected chi connectivity index (χ2v) is 5.73. The maximum absolute atomic E-state index is 11.1. The summed E-state index contributed by atoms with van der Waals surface area (Å²) in [6.07, 6.45) is 16.9. The summed E-state index contributed by atoms with van der Waals surface area (Å²) in [4.78, 5) is 21.3. The van der Waals surface area contributed by atoms with E-state index >= 15 is 0 Å². The van der Waals surface area contributed by atoms with Crippen molar-refractivity contribution in [3.05, 3.63) is 12.2 Å². The number of carbonyl (C=O) groups is 2. The van der Waals surface area contributed by atoms with Crippen LogP contribution < -0.4 is 0 Å². The van der Waals surface area contributed by atoms with E-state index in [1.54, 1.807) is 0 Å². The van der Waals surface area contributed by atoms with E-state index in [4.69, 9.17) is 9.84 Å². The smallest absolute Gasteiger partial charge is 0.331 e. The van der Waals surface area contributed by atoms with Crippen molar-refractivity contribution in [2.75, 3.05) is 6.61 Å². The molecule has 0 aromatic carbocycles. The Balaban J connectivity index is 3.17. The molecule has 0 radical (unpaired) electrons. The summed E-state index contributed by atoms with van der Waals surface area (Å²) in [6, 6.07) is 0. The molecule has 4 heteroatoms. The lowest BCUT2D eigenvalue weighted by Gasteiger charge is -2.03. The molecule has 1 N–H and O–H groups in total. The van der Waals surface area contributed by atoms with Crippen molar-refractivity contribution in [2.24, 2.45) is 0 Å². The average Bonchev–Trinajstić information content (AvgIpc) is 2.49. The van der Waals surface area contributed by atoms with Gasteiger partial charge in [-0.25, -0.2) is 9.59 Å². The molecule has 0 aliphatic carbocycles. The summed E-state index contributed by atoms with van der Waals surface area (Å²) in [5.74, 6) is -1.72. The maximum Gasteiger partial charge on any atom is 0.331 e. The van der Waals surface area contributed by atoms with E-state index in [9.17, 15) is 9.59 Å². The Kier molecular flexibility index (Phi) is 15.1. The van der Waals surface area contributed by atoms with Crippen LogP contribution in [-0.2, 0) is 14.3 Å². The molecule has 0 rings (SSSR count). The lowest BCUT2D eigenvalue weighted by atomic mass is 10.1. The molecule has 0 bridgehead atoms. The highest BCUT2D eigenvalue weighted by atomic mass is 16.5. The predicted molar refractivity (Wildman–Crippen MR) is 88.8 cm³/mol. The Morgan fingerprint density at radius 3 is 1.68 bits per heavy atom. The number of aliphatic carboxylic acids is 1. The van der Waals surface area contributed by atoms with E-state index < -0.39 is 11.9 Å². The van der Waals surface area contributed by atoms with Gasteiger partial charge in [-0.05, 0) is 6.42 Å². The van der Waals surface area contributed by atoms with Crippen LogP contribution in [0, 0.1) is 0 Å². The van der Waals surface area contributed by atoms with Gasteiger partial charge >= 0.3 is 11.9 Å². The third-order valence-corrected chi connectivity index (χ3v) is 3.60. The number of hydrogen-bond acceptors (Lipinski definition) is 3. The summed E-state index contributed by atoms with van der Waals surface area (Å²) in [6.45, 7) is 2.62. The molecule has 0 fully saturated rings. The van der Waals surface area contributed by atoms with Crippen molar-refractivity contribution in [3.8, 4) is 0 Å². The molecule has 22 heavy (non-hydrogen) atoms. The number of unbranched alkanes of at least 4 members (excludes halogenated alkanes) is 11. The molecule has 128 valence electrons. The minimum absolute atomic E-state index is 0.375. The van der Waals surface area contributed by atoms with E-state index in [0.29, 0.717) is 6.61 Å². The van der Waals surface area contributed by atoms with E-state index in [1.165, 1.54) is 64.2 Å². The first-order chi connectivity index (χ1) is 10.7. The van der Waals surface area contributed by atoms with Gasteiger partial charge in [0.2, 0.25) is 0 Å². The normalized spacial score (nSPS) is 11.0. The highest BCUT2D eigenvalue weighted by molar-refractivity contribution is 5.90. The molecule has 0 aliphatic heterocycles. The average molecular weight is 312 g/mol. The van der Waals surface area contributed by atoms with Crippen LogP contribution >= 0.6 is 0 Å². The SMILES string of the molecule is CCCCCCCCCCCCCCOC(=O)/C=C/C(=O)O. The third kappa shape index (κ3) is 16.7. The van der Waals surface area contributed by atoms with Crippen LogP contribution in [0.1, 0.15) is 84.0 Å². The zero-order chi connectivity index (χ0) is 16.5. The van der Waals surface area contributed by atoms with Gasteiger partial charge in [0.25, 0.3) is 0 Å². The van der Waals surface area contributed by atoms with Gasteiger partial charge in [0, 0.05) is 12.2 Å². The molecular weight excluding hydrogens is 280 g/mol. The van der Waals surface area contributed by atoms with Crippen molar-refractivity contribution >= 4 is 11.9 Å². The summed E-state index contributed by atoms with van der Waals surface area (Å²) in [7, 11) is 0. The maximum atomic E-state index is 11.1. The first-order valence-corrected chi connectivity index (χ1v) is 8.74. The van der Waals surface area contributed by atoms with Gasteiger partial charge in [0.15, 0.2) is 0 Å². The fourth-order valence-electron chi connectivity index (χ4n) is 2.30. The van der Waals surface area contributed by atoms with Crippen molar-refractivity contribution in [1.29, 1.82) is 0 Å². The van der Waals surface area contributed by atoms with Crippen LogP contribution in [0.25, 0.3) is 0 Å². The molecule has 0 aromatic heterocycles. The van der Waals surface area contributed by atoms with Gasteiger partial charge in [0.1, 0.15) is 0 Å². The summed E-state index contributed by atoms with van der Waals surface area (Å²) in [5, 5.41) is 8.35. The Labute approximate surface area is 134 Å². The van der Waals surface area contributed by atoms with Crippen LogP contribution in [0.3, 0.4) is 0 Å². The van der Waals surface area contributed by atoms with Gasteiger partial charge in [-0.1, -0.05) is 77.6 Å². The van der Waals surface area contributed by atoms with Crippen LogP contribution in [0.5, 0.6) is 0 Å². The second kappa shape index (κ2) is 16.1. The Hall–Kier alpha value is -1.32. The number of carbonyl (C=O) groups excluding carboxylic acids is 1. The van der Waals surface area contributed by atoms with Crippen molar-refractivity contribution < 1.29 is 19.4 Å². The van der Waals surface area contributed by atoms with E-state index in [2.05, 4.69) is 6.92 Å². The number of carboxylic acid groups (broad SMARTS) is 1. The van der Waals surface area contributed by atoms with Crippen LogP contribution in [0.15, 0.2) is 12.2 Å². The number of ether oxygens (including phenoxy) is 1. The minimum atomic E-state index is -1.14. The fraction of sp³-hybridized carbons (Fsp3) is 0.778. The first-order valence-electron chi connectivity index (χ1n) is 8.74. The standard InChI is InChI=1S/C18H32O4/c1-2-3-4-5-6-7-8-9-10-11-12-13-16-22-18(21)15-14-17(19)20/h14-15H,2-13,16H2,1H3,(H,19,20)/b15-14+. The molecule has 4 nitrogen and oxygen atoms in total. The highest BCUT2D eigenvalue weighted by Gasteiger charge is 1.98. The number of esters is 1. The monoisotopic (exact) mass is 312 g/mol. The molecule has 0 unspecified atom stereocenters. The van der Waals surface area contributed by atoms with Crippen molar-refractivity contribution in [2.45, 2.75) is 84.0 Å². The van der Waals surface area contributed by atoms with Gasteiger partial charge < -0.3 is 9.84 Å². The fourth-order valence-corrected chi connectivity index (χ4v) is 2.30. The molecule has 0 heterocycles. The zero-order valence-corrected chi connectivity index (χ0v) is 14.0. The first kappa shape index (κ1) is 20.7. The Morgan fingerprint density at radius 1 is 0.773 bits per heavy atom. The molecule has 0 spiro atoms. The predicted octanol–water partition coefficient (Wildman–Crippen LogP) is 4.87. The Morgan fingerprint density at radius 2 is 1.23 bits per heavy atom. The van der Waals surface area contributed by atoms with E-state index in [1.807, 2.05) is 0 Å². The molecule has 0 saturated heterocycles. The van der Waals surface area contributed by atoms with E-state index in [0.717, 1.165) is 25.0 Å². The van der Waals surface area contributed by atoms with E-state index in [-0.39, 0.29) is 0 Å². The highest BCUT2D eigenvalue weighted by Crippen LogP contribution is 2.11. The summed E-state index contributed by atoms with van der Waals surface area (Å²) >= 11 is 0. The topological polar surface area (TPSA) is 63.6 Å². The molecule has 0 saturated carbocycles. The molecule has 0 aliphatic rings. The third-order valence-electron chi connectivity index (χ3n) is 3.60.